The predicted octanol–water partition coefficient (Wildman–Crippen LogP) is 3.73. The number of carboxylic acid groups (broad SMARTS) is 1. The number of carbonyl (C=O) groups is 3. The molecule has 152 valence electrons. The highest BCUT2D eigenvalue weighted by molar-refractivity contribution is 6.30. The first-order valence-electron chi connectivity index (χ1n) is 9.12. The second-order valence-electron chi connectivity index (χ2n) is 6.92. The van der Waals surface area contributed by atoms with Crippen molar-refractivity contribution < 1.29 is 19.5 Å². The largest absolute Gasteiger partial charge is 0.478 e. The van der Waals surface area contributed by atoms with Crippen molar-refractivity contribution in [1.82, 2.24) is 9.78 Å². The van der Waals surface area contributed by atoms with Crippen LogP contribution in [-0.2, 0) is 9.59 Å². The zero-order valence-corrected chi connectivity index (χ0v) is 16.6. The van der Waals surface area contributed by atoms with Gasteiger partial charge in [0, 0.05) is 21.8 Å². The highest BCUT2D eigenvalue weighted by Gasteiger charge is 2.34. The van der Waals surface area contributed by atoms with Crippen LogP contribution in [0.4, 0.5) is 11.5 Å². The molecule has 3 N–H and O–H groups in total. The average Bonchev–Trinajstić information content (AvgIpc) is 3.04. The number of fused-ring (bicyclic) bond motifs is 1. The van der Waals surface area contributed by atoms with Gasteiger partial charge in [0.05, 0.1) is 17.7 Å². The summed E-state index contributed by atoms with van der Waals surface area (Å²) in [5.74, 6) is -1.40. The molecule has 0 radical (unpaired) electrons. The molecule has 1 atom stereocenters. The van der Waals surface area contributed by atoms with E-state index in [1.807, 2.05) is 19.1 Å². The number of aromatic carboxylic acids is 1. The molecule has 0 aliphatic carbocycles. The van der Waals surface area contributed by atoms with Gasteiger partial charge in [-0.1, -0.05) is 29.8 Å². The van der Waals surface area contributed by atoms with Crippen LogP contribution < -0.4 is 10.6 Å². The third-order valence-corrected chi connectivity index (χ3v) is 5.13. The molecule has 0 saturated carbocycles. The van der Waals surface area contributed by atoms with E-state index in [0.29, 0.717) is 22.2 Å². The SMILES string of the molecule is Cc1c(-c2ccc(Cl)cc2)nn2c1NC(=O)C[C@@H]2C(=O)Nc1cccc(C(=O)O)c1. The van der Waals surface area contributed by atoms with E-state index in [2.05, 4.69) is 15.7 Å². The van der Waals surface area contributed by atoms with Gasteiger partial charge in [0.25, 0.3) is 0 Å². The molecule has 30 heavy (non-hydrogen) atoms. The summed E-state index contributed by atoms with van der Waals surface area (Å²) in [6, 6.07) is 12.2. The van der Waals surface area contributed by atoms with Crippen LogP contribution in [0, 0.1) is 6.92 Å². The van der Waals surface area contributed by atoms with E-state index >= 15 is 0 Å². The van der Waals surface area contributed by atoms with Crippen molar-refractivity contribution in [2.45, 2.75) is 19.4 Å². The number of aromatic nitrogens is 2. The molecule has 2 heterocycles. The third kappa shape index (κ3) is 3.65. The highest BCUT2D eigenvalue weighted by atomic mass is 35.5. The Morgan fingerprint density at radius 1 is 1.23 bits per heavy atom. The number of carbonyl (C=O) groups excluding carboxylic acids is 2. The third-order valence-electron chi connectivity index (χ3n) is 4.88. The monoisotopic (exact) mass is 424 g/mol. The molecule has 0 unspecified atom stereocenters. The Hall–Kier alpha value is -3.65. The number of hydrogen-bond acceptors (Lipinski definition) is 4. The number of nitrogens with one attached hydrogen (secondary N) is 2. The number of carboxylic acids is 1. The van der Waals surface area contributed by atoms with Gasteiger partial charge < -0.3 is 15.7 Å². The lowest BCUT2D eigenvalue weighted by Gasteiger charge is -2.24. The Morgan fingerprint density at radius 2 is 1.97 bits per heavy atom. The average molecular weight is 425 g/mol. The molecule has 2 amide bonds. The van der Waals surface area contributed by atoms with Gasteiger partial charge in [0.2, 0.25) is 11.8 Å². The van der Waals surface area contributed by atoms with Crippen molar-refractivity contribution in [3.05, 3.63) is 64.7 Å². The van der Waals surface area contributed by atoms with Crippen LogP contribution in [0.25, 0.3) is 11.3 Å². The Morgan fingerprint density at radius 3 is 2.67 bits per heavy atom. The summed E-state index contributed by atoms with van der Waals surface area (Å²) in [5.41, 5.74) is 2.55. The van der Waals surface area contributed by atoms with E-state index in [9.17, 15) is 14.4 Å². The van der Waals surface area contributed by atoms with Gasteiger partial charge in [-0.15, -0.1) is 0 Å². The van der Waals surface area contributed by atoms with Crippen LogP contribution >= 0.6 is 11.6 Å². The molecule has 9 heteroatoms. The fourth-order valence-electron chi connectivity index (χ4n) is 3.38. The lowest BCUT2D eigenvalue weighted by Crippen LogP contribution is -2.36. The van der Waals surface area contributed by atoms with Gasteiger partial charge in [0.15, 0.2) is 0 Å². The van der Waals surface area contributed by atoms with E-state index < -0.39 is 17.9 Å². The van der Waals surface area contributed by atoms with Gasteiger partial charge in [-0.2, -0.15) is 5.10 Å². The first kappa shape index (κ1) is 19.7. The maximum atomic E-state index is 12.9. The van der Waals surface area contributed by atoms with Crippen LogP contribution in [0.2, 0.25) is 5.02 Å². The molecule has 2 aromatic carbocycles. The summed E-state index contributed by atoms with van der Waals surface area (Å²) in [4.78, 5) is 36.3. The maximum absolute atomic E-state index is 12.9. The molecule has 1 aliphatic heterocycles. The van der Waals surface area contributed by atoms with E-state index in [4.69, 9.17) is 16.7 Å². The molecule has 1 aromatic heterocycles. The zero-order valence-electron chi connectivity index (χ0n) is 15.8. The number of nitrogens with zero attached hydrogens (tertiary/aromatic N) is 2. The molecular weight excluding hydrogens is 408 g/mol. The summed E-state index contributed by atoms with van der Waals surface area (Å²) in [6.07, 6.45) is -0.0847. The van der Waals surface area contributed by atoms with Crippen molar-refractivity contribution in [2.24, 2.45) is 0 Å². The minimum atomic E-state index is -1.10. The Balaban J connectivity index is 1.68. The summed E-state index contributed by atoms with van der Waals surface area (Å²) in [5, 5.41) is 19.8. The Bertz CT molecular complexity index is 1170. The Labute approximate surface area is 176 Å². The van der Waals surface area contributed by atoms with Crippen molar-refractivity contribution in [2.75, 3.05) is 10.6 Å². The molecule has 8 nitrogen and oxygen atoms in total. The van der Waals surface area contributed by atoms with E-state index in [-0.39, 0.29) is 17.9 Å². The summed E-state index contributed by atoms with van der Waals surface area (Å²) in [6.45, 7) is 1.82. The minimum absolute atomic E-state index is 0.0508. The van der Waals surface area contributed by atoms with Crippen LogP contribution in [0.5, 0.6) is 0 Å². The molecule has 0 bridgehead atoms. The number of halogens is 1. The molecule has 1 aliphatic rings. The molecule has 0 fully saturated rings. The molecule has 3 aromatic rings. The minimum Gasteiger partial charge on any atom is -0.478 e. The molecule has 0 saturated heterocycles. The maximum Gasteiger partial charge on any atom is 0.335 e. The number of benzene rings is 2. The smallest absolute Gasteiger partial charge is 0.335 e. The van der Waals surface area contributed by atoms with Gasteiger partial charge in [0.1, 0.15) is 11.9 Å². The molecule has 4 rings (SSSR count). The number of hydrogen-bond donors (Lipinski definition) is 3. The van der Waals surface area contributed by atoms with Crippen LogP contribution in [-0.4, -0.2) is 32.7 Å². The fourth-order valence-corrected chi connectivity index (χ4v) is 3.51. The first-order chi connectivity index (χ1) is 14.3. The van der Waals surface area contributed by atoms with Crippen LogP contribution in [0.3, 0.4) is 0 Å². The lowest BCUT2D eigenvalue weighted by molar-refractivity contribution is -0.125. The first-order valence-corrected chi connectivity index (χ1v) is 9.50. The van der Waals surface area contributed by atoms with Gasteiger partial charge in [-0.05, 0) is 37.3 Å². The molecule has 0 spiro atoms. The summed E-state index contributed by atoms with van der Waals surface area (Å²) < 4.78 is 1.50. The number of rotatable bonds is 4. The van der Waals surface area contributed by atoms with Crippen LogP contribution in [0.15, 0.2) is 48.5 Å². The second-order valence-corrected chi connectivity index (χ2v) is 7.35. The van der Waals surface area contributed by atoms with E-state index in [1.54, 1.807) is 18.2 Å². The van der Waals surface area contributed by atoms with Crippen molar-refractivity contribution >= 4 is 40.9 Å². The number of anilines is 2. The predicted molar refractivity (Wildman–Crippen MR) is 112 cm³/mol. The normalized spacial score (nSPS) is 15.3. The quantitative estimate of drug-likeness (QED) is 0.590. The lowest BCUT2D eigenvalue weighted by atomic mass is 10.1. The summed E-state index contributed by atoms with van der Waals surface area (Å²) >= 11 is 5.96. The van der Waals surface area contributed by atoms with Crippen molar-refractivity contribution in [1.29, 1.82) is 0 Å². The second kappa shape index (κ2) is 7.64. The van der Waals surface area contributed by atoms with Crippen molar-refractivity contribution in [3.8, 4) is 11.3 Å². The summed E-state index contributed by atoms with van der Waals surface area (Å²) in [7, 11) is 0. The van der Waals surface area contributed by atoms with E-state index in [1.165, 1.54) is 22.9 Å². The van der Waals surface area contributed by atoms with Crippen molar-refractivity contribution in [3.63, 3.8) is 0 Å². The standard InChI is InChI=1S/C21H17ClN4O4/c1-11-18(12-5-7-14(22)8-6-12)25-26-16(10-17(27)24-19(11)26)20(28)23-15-4-2-3-13(9-15)21(29)30/h2-9,16H,10H2,1H3,(H,23,28)(H,24,27)(H,29,30)/t16-/m1/s1. The number of amides is 2. The van der Waals surface area contributed by atoms with Gasteiger partial charge in [-0.25, -0.2) is 9.48 Å². The van der Waals surface area contributed by atoms with Gasteiger partial charge >= 0.3 is 5.97 Å². The Kier molecular flexibility index (Phi) is 5.01. The van der Waals surface area contributed by atoms with Crippen LogP contribution in [0.1, 0.15) is 28.4 Å². The fraction of sp³-hybridized carbons (Fsp3) is 0.143. The van der Waals surface area contributed by atoms with E-state index in [0.717, 1.165) is 11.1 Å². The highest BCUT2D eigenvalue weighted by Crippen LogP contribution is 2.34. The molecular formula is C21H17ClN4O4. The van der Waals surface area contributed by atoms with Gasteiger partial charge in [-0.3, -0.25) is 9.59 Å². The topological polar surface area (TPSA) is 113 Å². The zero-order chi connectivity index (χ0) is 21.4.